The number of aliphatic hydroxyl groups excluding tert-OH is 1. The van der Waals surface area contributed by atoms with Gasteiger partial charge in [0.2, 0.25) is 0 Å². The lowest BCUT2D eigenvalue weighted by Crippen LogP contribution is -2.53. The number of aromatic amines is 1. The van der Waals surface area contributed by atoms with Crippen molar-refractivity contribution < 1.29 is 46.9 Å². The van der Waals surface area contributed by atoms with Gasteiger partial charge >= 0.3 is 19.4 Å². The molecule has 1 aliphatic rings. The molecule has 1 aromatic carbocycles. The molecule has 38 heavy (non-hydrogen) atoms. The number of hydrogen-bond donors (Lipinski definition) is 4. The maximum Gasteiger partial charge on any atom is 0.459 e. The molecule has 210 valence electrons. The van der Waals surface area contributed by atoms with Crippen molar-refractivity contribution in [1.29, 1.82) is 0 Å². The van der Waals surface area contributed by atoms with Gasteiger partial charge in [-0.25, -0.2) is 18.1 Å². The molecule has 0 spiro atoms. The van der Waals surface area contributed by atoms with E-state index in [4.69, 9.17) is 30.7 Å². The van der Waals surface area contributed by atoms with Crippen molar-refractivity contribution in [3.8, 4) is 5.75 Å². The van der Waals surface area contributed by atoms with Gasteiger partial charge in [-0.05, 0) is 39.0 Å². The van der Waals surface area contributed by atoms with E-state index in [1.165, 1.54) is 25.1 Å². The minimum Gasteiger partial charge on any atom is -0.462 e. The summed E-state index contributed by atoms with van der Waals surface area (Å²) in [6.45, 7) is 1.38. The predicted molar refractivity (Wildman–Crippen MR) is 131 cm³/mol. The highest BCUT2D eigenvalue weighted by Gasteiger charge is 2.66. The highest BCUT2D eigenvalue weighted by atomic mass is 32.1. The molecule has 0 radical (unpaired) electrons. The lowest BCUT2D eigenvalue weighted by Gasteiger charge is -2.29. The second kappa shape index (κ2) is 11.7. The number of H-pyrrole nitrogens is 1. The first-order chi connectivity index (χ1) is 17.7. The average molecular weight is 580 g/mol. The first-order valence-corrected chi connectivity index (χ1v) is 13.3. The molecule has 3 rings (SSSR count). The van der Waals surface area contributed by atoms with E-state index in [1.807, 2.05) is 0 Å². The summed E-state index contributed by atoms with van der Waals surface area (Å²) in [6, 6.07) is 7.48. The van der Waals surface area contributed by atoms with Gasteiger partial charge in [-0.15, -0.1) is 0 Å². The number of nitrogens with zero attached hydrogens (tertiary/aromatic N) is 1. The molecule has 0 amide bonds. The first-order valence-electron chi connectivity index (χ1n) is 11.3. The summed E-state index contributed by atoms with van der Waals surface area (Å²) in [6.07, 6.45) is -4.17. The number of aliphatic hydroxyl groups is 2. The summed E-state index contributed by atoms with van der Waals surface area (Å²) in [4.78, 5) is 26.8. The van der Waals surface area contributed by atoms with Crippen molar-refractivity contribution >= 4 is 25.9 Å². The molecular formula is C22H28F2N3O9PS. The lowest BCUT2D eigenvalue weighted by molar-refractivity contribution is -0.204. The number of alkyl halides is 2. The molecule has 1 aromatic heterocycles. The Morgan fingerprint density at radius 3 is 2.55 bits per heavy atom. The van der Waals surface area contributed by atoms with Gasteiger partial charge in [-0.2, -0.15) is 5.09 Å². The van der Waals surface area contributed by atoms with E-state index in [0.717, 1.165) is 6.20 Å². The summed E-state index contributed by atoms with van der Waals surface area (Å²) in [5.74, 6) is -4.20. The van der Waals surface area contributed by atoms with Crippen molar-refractivity contribution in [2.45, 2.75) is 56.7 Å². The van der Waals surface area contributed by atoms with Crippen LogP contribution in [-0.4, -0.2) is 68.7 Å². The highest BCUT2D eigenvalue weighted by Crippen LogP contribution is 2.50. The maximum absolute atomic E-state index is 15.9. The van der Waals surface area contributed by atoms with Crippen LogP contribution >= 0.6 is 20.0 Å². The zero-order valence-corrected chi connectivity index (χ0v) is 22.3. The van der Waals surface area contributed by atoms with Crippen LogP contribution < -0.4 is 15.3 Å². The van der Waals surface area contributed by atoms with E-state index >= 15 is 4.39 Å². The van der Waals surface area contributed by atoms with E-state index < -0.39 is 68.6 Å². The fraction of sp³-hybridized carbons (Fsp3) is 0.500. The number of benzene rings is 1. The fourth-order valence-corrected chi connectivity index (χ4v) is 5.18. The number of carbonyl (C=O) groups excluding carboxylic acids is 1. The molecule has 0 saturated carbocycles. The van der Waals surface area contributed by atoms with Gasteiger partial charge in [0, 0.05) is 6.20 Å². The van der Waals surface area contributed by atoms with Gasteiger partial charge in [0.15, 0.2) is 17.9 Å². The van der Waals surface area contributed by atoms with E-state index in [-0.39, 0.29) is 10.4 Å². The van der Waals surface area contributed by atoms with Gasteiger partial charge < -0.3 is 24.2 Å². The highest BCUT2D eigenvalue weighted by molar-refractivity contribution is 7.71. The zero-order chi connectivity index (χ0) is 28.3. The molecule has 4 N–H and O–H groups in total. The summed E-state index contributed by atoms with van der Waals surface area (Å²) in [7, 11) is -4.62. The SMILES string of the molecule is CC(C)OC(=O)[C@H](C)NP(=O)(OC[C@@]1(F)O[C@@H](n2ccc(=S)[nH]c2=O)[C@@](O)(CF)C1O)Oc1ccccc1. The Morgan fingerprint density at radius 2 is 1.97 bits per heavy atom. The Bertz CT molecular complexity index is 1300. The maximum atomic E-state index is 15.9. The van der Waals surface area contributed by atoms with Crippen LogP contribution in [0.5, 0.6) is 5.75 Å². The molecule has 6 atom stereocenters. The van der Waals surface area contributed by atoms with Crippen molar-refractivity contribution in [1.82, 2.24) is 14.6 Å². The second-order valence-corrected chi connectivity index (χ2v) is 10.9. The summed E-state index contributed by atoms with van der Waals surface area (Å²) in [5.41, 5.74) is -3.94. The Labute approximate surface area is 221 Å². The minimum atomic E-state index is -4.62. The van der Waals surface area contributed by atoms with Crippen molar-refractivity contribution in [3.63, 3.8) is 0 Å². The quantitative estimate of drug-likeness (QED) is 0.176. The first kappa shape index (κ1) is 30.0. The smallest absolute Gasteiger partial charge is 0.459 e. The Hall–Kier alpha value is -2.52. The van der Waals surface area contributed by atoms with Gasteiger partial charge in [0.25, 0.3) is 5.85 Å². The molecule has 1 saturated heterocycles. The monoisotopic (exact) mass is 579 g/mol. The molecule has 1 fully saturated rings. The molecule has 0 bridgehead atoms. The third-order valence-corrected chi connectivity index (χ3v) is 7.25. The van der Waals surface area contributed by atoms with Gasteiger partial charge in [-0.3, -0.25) is 18.9 Å². The number of carbonyl (C=O) groups is 1. The molecule has 2 heterocycles. The van der Waals surface area contributed by atoms with Crippen LogP contribution in [0.3, 0.4) is 0 Å². The standard InChI is InChI=1S/C22H28F2N3O9PS/c1-13(2)34-17(28)14(3)26-37(32,36-15-7-5-4-6-8-15)33-12-22(24)18(29)21(31,11-23)19(35-22)27-10-9-16(38)25-20(27)30/h4-10,13-14,18-19,29,31H,11-12H2,1-3H3,(H,26,32)(H,25,30,38)/t14-,18?,19+,21+,22+,37?/m0/s1. The van der Waals surface area contributed by atoms with Gasteiger partial charge in [-0.1, -0.05) is 30.4 Å². The van der Waals surface area contributed by atoms with E-state index in [0.29, 0.717) is 4.57 Å². The van der Waals surface area contributed by atoms with Crippen molar-refractivity contribution in [3.05, 3.63) is 57.7 Å². The molecule has 0 aliphatic carbocycles. The Balaban J connectivity index is 1.89. The predicted octanol–water partition coefficient (Wildman–Crippen LogP) is 2.30. The molecule has 1 aliphatic heterocycles. The van der Waals surface area contributed by atoms with Crippen LogP contribution in [0, 0.1) is 4.64 Å². The molecule has 2 unspecified atom stereocenters. The number of nitrogens with one attached hydrogen (secondary N) is 2. The summed E-state index contributed by atoms with van der Waals surface area (Å²) >= 11 is 4.82. The van der Waals surface area contributed by atoms with Crippen molar-refractivity contribution in [2.75, 3.05) is 13.3 Å². The van der Waals surface area contributed by atoms with E-state index in [2.05, 4.69) is 10.1 Å². The minimum absolute atomic E-state index is 0.00128. The van der Waals surface area contributed by atoms with Crippen LogP contribution in [0.15, 0.2) is 47.4 Å². The number of halogens is 2. The molecule has 16 heteroatoms. The Morgan fingerprint density at radius 1 is 1.32 bits per heavy atom. The number of esters is 1. The third-order valence-electron chi connectivity index (χ3n) is 5.39. The van der Waals surface area contributed by atoms with Crippen LogP contribution in [0.2, 0.25) is 0 Å². The molecule has 2 aromatic rings. The average Bonchev–Trinajstić information content (AvgIpc) is 3.05. The van der Waals surface area contributed by atoms with E-state index in [1.54, 1.807) is 32.0 Å². The Kier molecular flexibility index (Phi) is 9.24. The summed E-state index contributed by atoms with van der Waals surface area (Å²) < 4.78 is 64.8. The number of aromatic nitrogens is 2. The number of hydrogen-bond acceptors (Lipinski definition) is 10. The second-order valence-electron chi connectivity index (χ2n) is 8.81. The zero-order valence-electron chi connectivity index (χ0n) is 20.6. The number of ether oxygens (including phenoxy) is 2. The normalized spacial score (nSPS) is 27.6. The van der Waals surface area contributed by atoms with Crippen LogP contribution in [0.25, 0.3) is 0 Å². The van der Waals surface area contributed by atoms with Crippen LogP contribution in [0.1, 0.15) is 27.0 Å². The number of rotatable bonds is 11. The topological polar surface area (TPSA) is 161 Å². The van der Waals surface area contributed by atoms with E-state index in [9.17, 15) is 28.8 Å². The largest absolute Gasteiger partial charge is 0.462 e. The molecule has 12 nitrogen and oxygen atoms in total. The van der Waals surface area contributed by atoms with Gasteiger partial charge in [0.05, 0.1) is 6.10 Å². The van der Waals surface area contributed by atoms with Crippen molar-refractivity contribution in [2.24, 2.45) is 0 Å². The van der Waals surface area contributed by atoms with Crippen LogP contribution in [0.4, 0.5) is 8.78 Å². The van der Waals surface area contributed by atoms with Crippen LogP contribution in [-0.2, 0) is 23.4 Å². The summed E-state index contributed by atoms with van der Waals surface area (Å²) in [5, 5.41) is 23.6. The van der Waals surface area contributed by atoms with Gasteiger partial charge in [0.1, 0.15) is 29.7 Å². The number of para-hydroxylation sites is 1. The third kappa shape index (κ3) is 6.54. The lowest BCUT2D eigenvalue weighted by atomic mass is 9.94. The molecular weight excluding hydrogens is 551 g/mol. The fourth-order valence-electron chi connectivity index (χ4n) is 3.53.